The largest absolute Gasteiger partial charge is 0.492 e. The number of ether oxygens (including phenoxy) is 1. The number of piperidine rings is 1. The van der Waals surface area contributed by atoms with Crippen LogP contribution in [0.2, 0.25) is 0 Å². The second-order valence-corrected chi connectivity index (χ2v) is 5.66. The van der Waals surface area contributed by atoms with Crippen LogP contribution in [0.1, 0.15) is 24.8 Å². The van der Waals surface area contributed by atoms with Gasteiger partial charge in [0.2, 0.25) is 0 Å². The van der Waals surface area contributed by atoms with E-state index in [1.54, 1.807) is 12.1 Å². The van der Waals surface area contributed by atoms with Gasteiger partial charge in [-0.2, -0.15) is 5.26 Å². The highest BCUT2D eigenvalue weighted by Crippen LogP contribution is 2.19. The third kappa shape index (κ3) is 5.37. The van der Waals surface area contributed by atoms with E-state index in [-0.39, 0.29) is 0 Å². The summed E-state index contributed by atoms with van der Waals surface area (Å²) in [6.45, 7) is 5.20. The number of rotatable bonds is 7. The molecular formula is C17H25N3O. The van der Waals surface area contributed by atoms with Crippen LogP contribution in [0, 0.1) is 17.2 Å². The normalized spacial score (nSPS) is 16.6. The van der Waals surface area contributed by atoms with Gasteiger partial charge in [0.15, 0.2) is 0 Å². The molecule has 1 N–H and O–H groups in total. The number of hydrogen-bond acceptors (Lipinski definition) is 4. The second kappa shape index (κ2) is 8.66. The fourth-order valence-electron chi connectivity index (χ4n) is 2.77. The molecule has 0 aromatic heterocycles. The number of nitrogens with one attached hydrogen (secondary N) is 1. The van der Waals surface area contributed by atoms with Crippen molar-refractivity contribution in [1.29, 1.82) is 5.26 Å². The third-order valence-corrected chi connectivity index (χ3v) is 4.17. The van der Waals surface area contributed by atoms with E-state index in [0.29, 0.717) is 12.2 Å². The summed E-state index contributed by atoms with van der Waals surface area (Å²) >= 11 is 0. The summed E-state index contributed by atoms with van der Waals surface area (Å²) in [5.41, 5.74) is 0.672. The lowest BCUT2D eigenvalue weighted by Gasteiger charge is -2.31. The van der Waals surface area contributed by atoms with Crippen molar-refractivity contribution in [2.75, 3.05) is 39.8 Å². The number of benzene rings is 1. The van der Waals surface area contributed by atoms with E-state index in [4.69, 9.17) is 10.00 Å². The molecule has 1 aliphatic heterocycles. The van der Waals surface area contributed by atoms with E-state index >= 15 is 0 Å². The Kier molecular flexibility index (Phi) is 6.52. The Hall–Kier alpha value is -1.57. The van der Waals surface area contributed by atoms with Crippen LogP contribution < -0.4 is 10.1 Å². The highest BCUT2D eigenvalue weighted by atomic mass is 16.5. The van der Waals surface area contributed by atoms with Gasteiger partial charge < -0.3 is 10.1 Å². The molecule has 4 nitrogen and oxygen atoms in total. The Balaban J connectivity index is 1.62. The van der Waals surface area contributed by atoms with E-state index in [1.807, 2.05) is 19.2 Å². The van der Waals surface area contributed by atoms with E-state index in [9.17, 15) is 0 Å². The summed E-state index contributed by atoms with van der Waals surface area (Å²) < 4.78 is 5.74. The molecule has 0 unspecified atom stereocenters. The molecule has 4 heteroatoms. The maximum Gasteiger partial charge on any atom is 0.119 e. The van der Waals surface area contributed by atoms with Gasteiger partial charge in [0, 0.05) is 6.54 Å². The predicted octanol–water partition coefficient (Wildman–Crippen LogP) is 2.26. The molecule has 1 aliphatic rings. The monoisotopic (exact) mass is 287 g/mol. The molecule has 0 aliphatic carbocycles. The lowest BCUT2D eigenvalue weighted by Crippen LogP contribution is -2.37. The SMILES string of the molecule is CNCCC1CCN(CCOc2ccc(C#N)cc2)CC1. The lowest BCUT2D eigenvalue weighted by molar-refractivity contribution is 0.151. The van der Waals surface area contributed by atoms with Gasteiger partial charge in [-0.05, 0) is 76.1 Å². The molecule has 0 atom stereocenters. The fraction of sp³-hybridized carbons (Fsp3) is 0.588. The standard InChI is InChI=1S/C17H25N3O/c1-19-9-6-15-7-10-20(11-8-15)12-13-21-17-4-2-16(14-18)3-5-17/h2-5,15,19H,6-13H2,1H3. The van der Waals surface area contributed by atoms with Gasteiger partial charge in [0.05, 0.1) is 11.6 Å². The van der Waals surface area contributed by atoms with Crippen LogP contribution in [-0.4, -0.2) is 44.7 Å². The molecule has 0 amide bonds. The van der Waals surface area contributed by atoms with Gasteiger partial charge >= 0.3 is 0 Å². The zero-order valence-corrected chi connectivity index (χ0v) is 12.8. The number of likely N-dealkylation sites (tertiary alicyclic amines) is 1. The summed E-state index contributed by atoms with van der Waals surface area (Å²) in [7, 11) is 2.02. The van der Waals surface area contributed by atoms with Gasteiger partial charge in [-0.25, -0.2) is 0 Å². The smallest absolute Gasteiger partial charge is 0.119 e. The van der Waals surface area contributed by atoms with Crippen LogP contribution in [0.15, 0.2) is 24.3 Å². The maximum absolute atomic E-state index is 8.75. The highest BCUT2D eigenvalue weighted by Gasteiger charge is 2.18. The molecule has 1 aromatic carbocycles. The molecule has 0 radical (unpaired) electrons. The Morgan fingerprint density at radius 3 is 2.62 bits per heavy atom. The third-order valence-electron chi connectivity index (χ3n) is 4.17. The number of nitriles is 1. The van der Waals surface area contributed by atoms with Crippen LogP contribution in [0.3, 0.4) is 0 Å². The molecule has 1 saturated heterocycles. The van der Waals surface area contributed by atoms with Crippen molar-refractivity contribution < 1.29 is 4.74 Å². The Morgan fingerprint density at radius 2 is 2.00 bits per heavy atom. The van der Waals surface area contributed by atoms with Gasteiger partial charge in [0.25, 0.3) is 0 Å². The first-order valence-corrected chi connectivity index (χ1v) is 7.81. The molecule has 0 bridgehead atoms. The molecule has 1 aromatic rings. The quantitative estimate of drug-likeness (QED) is 0.835. The summed E-state index contributed by atoms with van der Waals surface area (Å²) in [4.78, 5) is 2.49. The summed E-state index contributed by atoms with van der Waals surface area (Å²) in [5, 5.41) is 12.0. The van der Waals surface area contributed by atoms with E-state index < -0.39 is 0 Å². The summed E-state index contributed by atoms with van der Waals surface area (Å²) in [6, 6.07) is 9.43. The van der Waals surface area contributed by atoms with Crippen LogP contribution >= 0.6 is 0 Å². The molecule has 114 valence electrons. The first kappa shape index (κ1) is 15.8. The van der Waals surface area contributed by atoms with E-state index in [2.05, 4.69) is 16.3 Å². The predicted molar refractivity (Wildman–Crippen MR) is 84.4 cm³/mol. The zero-order valence-electron chi connectivity index (χ0n) is 12.8. The second-order valence-electron chi connectivity index (χ2n) is 5.66. The molecular weight excluding hydrogens is 262 g/mol. The van der Waals surface area contributed by atoms with E-state index in [0.717, 1.165) is 24.8 Å². The Bertz CT molecular complexity index is 444. The van der Waals surface area contributed by atoms with Crippen LogP contribution in [0.25, 0.3) is 0 Å². The van der Waals surface area contributed by atoms with Crippen molar-refractivity contribution in [3.63, 3.8) is 0 Å². The Morgan fingerprint density at radius 1 is 1.29 bits per heavy atom. The van der Waals surface area contributed by atoms with Crippen LogP contribution in [-0.2, 0) is 0 Å². The van der Waals surface area contributed by atoms with Gasteiger partial charge in [0.1, 0.15) is 12.4 Å². The van der Waals surface area contributed by atoms with E-state index in [1.165, 1.54) is 32.4 Å². The number of nitrogens with zero attached hydrogens (tertiary/aromatic N) is 2. The summed E-state index contributed by atoms with van der Waals surface area (Å²) in [6.07, 6.45) is 3.91. The van der Waals surface area contributed by atoms with Crippen molar-refractivity contribution in [2.24, 2.45) is 5.92 Å². The van der Waals surface area contributed by atoms with Crippen molar-refractivity contribution in [1.82, 2.24) is 10.2 Å². The first-order valence-electron chi connectivity index (χ1n) is 7.81. The van der Waals surface area contributed by atoms with Gasteiger partial charge in [-0.15, -0.1) is 0 Å². The minimum Gasteiger partial charge on any atom is -0.492 e. The zero-order chi connectivity index (χ0) is 14.9. The topological polar surface area (TPSA) is 48.3 Å². The Labute approximate surface area is 127 Å². The minimum atomic E-state index is 0.672. The van der Waals surface area contributed by atoms with Crippen molar-refractivity contribution in [3.05, 3.63) is 29.8 Å². The molecule has 0 spiro atoms. The summed E-state index contributed by atoms with van der Waals surface area (Å²) in [5.74, 6) is 1.73. The molecule has 1 fully saturated rings. The average Bonchev–Trinajstić information content (AvgIpc) is 2.55. The fourth-order valence-corrected chi connectivity index (χ4v) is 2.77. The lowest BCUT2D eigenvalue weighted by atomic mass is 9.93. The van der Waals surface area contributed by atoms with Gasteiger partial charge in [-0.3, -0.25) is 4.90 Å². The first-order chi connectivity index (χ1) is 10.3. The van der Waals surface area contributed by atoms with Crippen molar-refractivity contribution >= 4 is 0 Å². The van der Waals surface area contributed by atoms with Crippen LogP contribution in [0.4, 0.5) is 0 Å². The minimum absolute atomic E-state index is 0.672. The number of hydrogen-bond donors (Lipinski definition) is 1. The van der Waals surface area contributed by atoms with Gasteiger partial charge in [-0.1, -0.05) is 0 Å². The van der Waals surface area contributed by atoms with Crippen molar-refractivity contribution in [3.8, 4) is 11.8 Å². The molecule has 2 rings (SSSR count). The average molecular weight is 287 g/mol. The van der Waals surface area contributed by atoms with Crippen molar-refractivity contribution in [2.45, 2.75) is 19.3 Å². The molecule has 1 heterocycles. The molecule has 21 heavy (non-hydrogen) atoms. The molecule has 0 saturated carbocycles. The maximum atomic E-state index is 8.75. The van der Waals surface area contributed by atoms with Crippen LogP contribution in [0.5, 0.6) is 5.75 Å². The highest BCUT2D eigenvalue weighted by molar-refractivity contribution is 5.34.